The van der Waals surface area contributed by atoms with Crippen molar-refractivity contribution in [2.24, 2.45) is 0 Å². The van der Waals surface area contributed by atoms with Gasteiger partial charge in [0.15, 0.2) is 5.82 Å². The zero-order valence-corrected chi connectivity index (χ0v) is 10.5. The number of nitrogen functional groups attached to an aromatic ring is 1. The van der Waals surface area contributed by atoms with Crippen molar-refractivity contribution in [2.75, 3.05) is 5.73 Å². The predicted molar refractivity (Wildman–Crippen MR) is 71.0 cm³/mol. The molecule has 1 aromatic carbocycles. The highest BCUT2D eigenvalue weighted by Crippen LogP contribution is 2.25. The molecule has 1 unspecified atom stereocenters. The molecule has 2 heterocycles. The molecule has 0 amide bonds. The van der Waals surface area contributed by atoms with Crippen molar-refractivity contribution < 1.29 is 4.39 Å². The Morgan fingerprint density at radius 1 is 1.37 bits per heavy atom. The van der Waals surface area contributed by atoms with Crippen LogP contribution in [0.4, 0.5) is 10.3 Å². The van der Waals surface area contributed by atoms with Crippen molar-refractivity contribution in [1.29, 1.82) is 0 Å². The van der Waals surface area contributed by atoms with E-state index in [2.05, 4.69) is 10.1 Å². The van der Waals surface area contributed by atoms with E-state index in [-0.39, 0.29) is 11.9 Å². The van der Waals surface area contributed by atoms with Crippen LogP contribution in [0.25, 0.3) is 11.0 Å². The Labute approximate surface area is 109 Å². The molecular weight excluding hydrogens is 245 g/mol. The maximum absolute atomic E-state index is 13.7. The van der Waals surface area contributed by atoms with E-state index in [1.165, 1.54) is 6.07 Å². The molecule has 1 atom stereocenters. The predicted octanol–water partition coefficient (Wildman–Crippen LogP) is 2.22. The van der Waals surface area contributed by atoms with Crippen molar-refractivity contribution in [3.8, 4) is 0 Å². The van der Waals surface area contributed by atoms with Crippen LogP contribution in [0, 0.1) is 5.82 Å². The van der Waals surface area contributed by atoms with E-state index < -0.39 is 0 Å². The number of para-hydroxylation sites is 1. The molecule has 0 bridgehead atoms. The third-order valence-corrected chi connectivity index (χ3v) is 3.15. The first kappa shape index (κ1) is 11.7. The summed E-state index contributed by atoms with van der Waals surface area (Å²) in [5.74, 6) is -0.0333. The molecule has 0 saturated heterocycles. The summed E-state index contributed by atoms with van der Waals surface area (Å²) in [6.45, 7) is 2.66. The lowest BCUT2D eigenvalue weighted by Gasteiger charge is -2.16. The minimum Gasteiger partial charge on any atom is -0.369 e. The van der Waals surface area contributed by atoms with Crippen LogP contribution < -0.4 is 5.73 Å². The standard InChI is InChI=1S/C13H14FN5/c1-9(8-18-7-3-6-16-18)19-11-5-2-4-10(14)12(11)17-13(19)15/h2-7,9H,8H2,1H3,(H2,15,17). The molecule has 0 aliphatic heterocycles. The molecule has 19 heavy (non-hydrogen) atoms. The summed E-state index contributed by atoms with van der Waals surface area (Å²) in [7, 11) is 0. The lowest BCUT2D eigenvalue weighted by Crippen LogP contribution is -2.15. The molecule has 3 aromatic rings. The molecule has 5 nitrogen and oxygen atoms in total. The van der Waals surface area contributed by atoms with Crippen LogP contribution in [-0.2, 0) is 6.54 Å². The third kappa shape index (κ3) is 1.95. The molecule has 98 valence electrons. The van der Waals surface area contributed by atoms with E-state index in [0.717, 1.165) is 0 Å². The molecule has 0 aliphatic carbocycles. The summed E-state index contributed by atoms with van der Waals surface area (Å²) in [6.07, 6.45) is 3.61. The minimum absolute atomic E-state index is 0.0340. The number of anilines is 1. The summed E-state index contributed by atoms with van der Waals surface area (Å²) in [5.41, 5.74) is 6.93. The van der Waals surface area contributed by atoms with Gasteiger partial charge >= 0.3 is 0 Å². The summed E-state index contributed by atoms with van der Waals surface area (Å²) in [5, 5.41) is 4.16. The molecule has 0 saturated carbocycles. The SMILES string of the molecule is CC(Cn1cccn1)n1c(N)nc2c(F)cccc21. The first-order valence-corrected chi connectivity index (χ1v) is 6.06. The number of hydrogen-bond acceptors (Lipinski definition) is 3. The van der Waals surface area contributed by atoms with Gasteiger partial charge in [0.25, 0.3) is 0 Å². The Morgan fingerprint density at radius 2 is 2.21 bits per heavy atom. The van der Waals surface area contributed by atoms with Crippen LogP contribution in [0.5, 0.6) is 0 Å². The first-order valence-electron chi connectivity index (χ1n) is 6.06. The third-order valence-electron chi connectivity index (χ3n) is 3.15. The van der Waals surface area contributed by atoms with Gasteiger partial charge < -0.3 is 10.3 Å². The van der Waals surface area contributed by atoms with Crippen LogP contribution in [0.1, 0.15) is 13.0 Å². The molecular formula is C13H14FN5. The van der Waals surface area contributed by atoms with Crippen molar-refractivity contribution in [1.82, 2.24) is 19.3 Å². The number of fused-ring (bicyclic) bond motifs is 1. The molecule has 0 spiro atoms. The van der Waals surface area contributed by atoms with Gasteiger partial charge in [0.1, 0.15) is 5.52 Å². The highest BCUT2D eigenvalue weighted by atomic mass is 19.1. The van der Waals surface area contributed by atoms with Crippen molar-refractivity contribution in [3.05, 3.63) is 42.5 Å². The number of hydrogen-bond donors (Lipinski definition) is 1. The van der Waals surface area contributed by atoms with E-state index in [1.54, 1.807) is 12.3 Å². The molecule has 6 heteroatoms. The second-order valence-corrected chi connectivity index (χ2v) is 4.52. The summed E-state index contributed by atoms with van der Waals surface area (Å²) in [6, 6.07) is 6.77. The molecule has 0 radical (unpaired) electrons. The zero-order chi connectivity index (χ0) is 13.4. The number of imidazole rings is 1. The smallest absolute Gasteiger partial charge is 0.201 e. The van der Waals surface area contributed by atoms with Gasteiger partial charge in [0.05, 0.1) is 18.1 Å². The van der Waals surface area contributed by atoms with Crippen LogP contribution in [0.15, 0.2) is 36.7 Å². The second-order valence-electron chi connectivity index (χ2n) is 4.52. The number of benzene rings is 1. The van der Waals surface area contributed by atoms with Crippen LogP contribution in [0.2, 0.25) is 0 Å². The fourth-order valence-corrected chi connectivity index (χ4v) is 2.32. The molecule has 3 rings (SSSR count). The highest BCUT2D eigenvalue weighted by Gasteiger charge is 2.16. The number of rotatable bonds is 3. The largest absolute Gasteiger partial charge is 0.369 e. The normalized spacial score (nSPS) is 12.9. The van der Waals surface area contributed by atoms with Gasteiger partial charge in [0.2, 0.25) is 5.95 Å². The fraction of sp³-hybridized carbons (Fsp3) is 0.231. The fourth-order valence-electron chi connectivity index (χ4n) is 2.32. The Kier molecular flexibility index (Phi) is 2.70. The van der Waals surface area contributed by atoms with Crippen molar-refractivity contribution in [3.63, 3.8) is 0 Å². The minimum atomic E-state index is -0.353. The highest BCUT2D eigenvalue weighted by molar-refractivity contribution is 5.79. The summed E-state index contributed by atoms with van der Waals surface area (Å²) in [4.78, 5) is 4.10. The van der Waals surface area contributed by atoms with E-state index in [0.29, 0.717) is 23.5 Å². The Balaban J connectivity index is 2.04. The second kappa shape index (κ2) is 4.38. The maximum atomic E-state index is 13.7. The quantitative estimate of drug-likeness (QED) is 0.784. The Hall–Kier alpha value is -2.37. The number of halogens is 1. The Morgan fingerprint density at radius 3 is 2.95 bits per heavy atom. The van der Waals surface area contributed by atoms with E-state index in [9.17, 15) is 4.39 Å². The van der Waals surface area contributed by atoms with Crippen LogP contribution >= 0.6 is 0 Å². The molecule has 0 fully saturated rings. The Bertz CT molecular complexity index is 701. The zero-order valence-electron chi connectivity index (χ0n) is 10.5. The number of aromatic nitrogens is 4. The van der Waals surface area contributed by atoms with Gasteiger partial charge in [0, 0.05) is 12.4 Å². The van der Waals surface area contributed by atoms with Crippen molar-refractivity contribution >= 4 is 17.0 Å². The van der Waals surface area contributed by atoms with Gasteiger partial charge in [-0.3, -0.25) is 4.68 Å². The lowest BCUT2D eigenvalue weighted by atomic mass is 10.2. The monoisotopic (exact) mass is 259 g/mol. The molecule has 2 aromatic heterocycles. The lowest BCUT2D eigenvalue weighted by molar-refractivity contribution is 0.449. The van der Waals surface area contributed by atoms with Gasteiger partial charge in [-0.05, 0) is 25.1 Å². The summed E-state index contributed by atoms with van der Waals surface area (Å²) < 4.78 is 17.3. The van der Waals surface area contributed by atoms with E-state index >= 15 is 0 Å². The van der Waals surface area contributed by atoms with Gasteiger partial charge in [-0.25, -0.2) is 9.37 Å². The topological polar surface area (TPSA) is 61.7 Å². The first-order chi connectivity index (χ1) is 9.16. The molecule has 0 aliphatic rings. The van der Waals surface area contributed by atoms with Gasteiger partial charge in [-0.2, -0.15) is 5.10 Å². The number of nitrogens with two attached hydrogens (primary N) is 1. The average Bonchev–Trinajstić information content (AvgIpc) is 2.96. The van der Waals surface area contributed by atoms with Crippen LogP contribution in [-0.4, -0.2) is 19.3 Å². The maximum Gasteiger partial charge on any atom is 0.201 e. The number of nitrogens with zero attached hydrogens (tertiary/aromatic N) is 4. The summed E-state index contributed by atoms with van der Waals surface area (Å²) >= 11 is 0. The molecule has 2 N–H and O–H groups in total. The van der Waals surface area contributed by atoms with Crippen molar-refractivity contribution in [2.45, 2.75) is 19.5 Å². The van der Waals surface area contributed by atoms with E-state index in [4.69, 9.17) is 5.73 Å². The van der Waals surface area contributed by atoms with Gasteiger partial charge in [-0.1, -0.05) is 6.07 Å². The van der Waals surface area contributed by atoms with Gasteiger partial charge in [-0.15, -0.1) is 0 Å². The average molecular weight is 259 g/mol. The van der Waals surface area contributed by atoms with Crippen LogP contribution in [0.3, 0.4) is 0 Å². The van der Waals surface area contributed by atoms with E-state index in [1.807, 2.05) is 34.5 Å².